The normalized spacial score (nSPS) is 14.2. The fourth-order valence-corrected chi connectivity index (χ4v) is 3.33. The van der Waals surface area contributed by atoms with Gasteiger partial charge < -0.3 is 10.1 Å². The van der Waals surface area contributed by atoms with Gasteiger partial charge in [0.15, 0.2) is 5.82 Å². The van der Waals surface area contributed by atoms with Gasteiger partial charge in [-0.1, -0.05) is 23.8 Å². The van der Waals surface area contributed by atoms with Gasteiger partial charge in [0.05, 0.1) is 5.69 Å². The van der Waals surface area contributed by atoms with Crippen molar-refractivity contribution in [1.29, 1.82) is 0 Å². The SMILES string of the molecule is Cc1ccc(O)c(CN2CCc3c(nc(-c4ccccn4)[nH]c3=O)C2)c1. The molecule has 3 heterocycles. The van der Waals surface area contributed by atoms with Crippen LogP contribution in [0, 0.1) is 6.92 Å². The predicted molar refractivity (Wildman–Crippen MR) is 98.8 cm³/mol. The Hall–Kier alpha value is -2.99. The summed E-state index contributed by atoms with van der Waals surface area (Å²) in [6.45, 7) is 3.97. The van der Waals surface area contributed by atoms with E-state index >= 15 is 0 Å². The standard InChI is InChI=1S/C20H20N4O2/c1-13-5-6-18(25)14(10-13)11-24-9-7-15-17(12-24)22-19(23-20(15)26)16-4-2-3-8-21-16/h2-6,8,10,25H,7,9,11-12H2,1H3,(H,22,23,26). The van der Waals surface area contributed by atoms with E-state index in [9.17, 15) is 9.90 Å². The number of pyridine rings is 1. The average molecular weight is 348 g/mol. The smallest absolute Gasteiger partial charge is 0.254 e. The van der Waals surface area contributed by atoms with Crippen LogP contribution >= 0.6 is 0 Å². The Bertz CT molecular complexity index is 998. The van der Waals surface area contributed by atoms with E-state index in [1.807, 2.05) is 37.3 Å². The Kier molecular flexibility index (Phi) is 4.26. The molecule has 132 valence electrons. The van der Waals surface area contributed by atoms with Crippen LogP contribution in [0.5, 0.6) is 5.75 Å². The van der Waals surface area contributed by atoms with Crippen molar-refractivity contribution in [3.05, 3.63) is 75.3 Å². The van der Waals surface area contributed by atoms with Crippen LogP contribution in [0.4, 0.5) is 0 Å². The molecule has 0 radical (unpaired) electrons. The van der Waals surface area contributed by atoms with Crippen molar-refractivity contribution in [3.8, 4) is 17.3 Å². The molecule has 6 nitrogen and oxygen atoms in total. The molecule has 0 bridgehead atoms. The van der Waals surface area contributed by atoms with Crippen LogP contribution < -0.4 is 5.56 Å². The number of phenols is 1. The first-order valence-corrected chi connectivity index (χ1v) is 8.64. The molecule has 3 aromatic rings. The maximum Gasteiger partial charge on any atom is 0.254 e. The lowest BCUT2D eigenvalue weighted by molar-refractivity contribution is 0.237. The van der Waals surface area contributed by atoms with E-state index in [0.29, 0.717) is 36.8 Å². The number of hydrogen-bond donors (Lipinski definition) is 2. The summed E-state index contributed by atoms with van der Waals surface area (Å²) in [7, 11) is 0. The number of rotatable bonds is 3. The number of nitrogens with zero attached hydrogens (tertiary/aromatic N) is 3. The topological polar surface area (TPSA) is 82.1 Å². The molecule has 0 saturated heterocycles. The van der Waals surface area contributed by atoms with Crippen molar-refractivity contribution in [2.24, 2.45) is 0 Å². The molecule has 1 aliphatic rings. The highest BCUT2D eigenvalue weighted by molar-refractivity contribution is 5.49. The van der Waals surface area contributed by atoms with Crippen molar-refractivity contribution < 1.29 is 5.11 Å². The summed E-state index contributed by atoms with van der Waals surface area (Å²) in [5.74, 6) is 0.795. The van der Waals surface area contributed by atoms with E-state index < -0.39 is 0 Å². The second-order valence-electron chi connectivity index (χ2n) is 6.65. The zero-order valence-electron chi connectivity index (χ0n) is 14.6. The lowest BCUT2D eigenvalue weighted by atomic mass is 10.0. The van der Waals surface area contributed by atoms with Crippen molar-refractivity contribution in [1.82, 2.24) is 19.9 Å². The number of nitrogens with one attached hydrogen (secondary N) is 1. The quantitative estimate of drug-likeness (QED) is 0.759. The second kappa shape index (κ2) is 6.72. The molecular weight excluding hydrogens is 328 g/mol. The number of benzene rings is 1. The zero-order chi connectivity index (χ0) is 18.1. The van der Waals surface area contributed by atoms with Crippen LogP contribution in [-0.4, -0.2) is 31.5 Å². The van der Waals surface area contributed by atoms with Crippen LogP contribution in [0.3, 0.4) is 0 Å². The van der Waals surface area contributed by atoms with E-state index in [1.54, 1.807) is 12.3 Å². The van der Waals surface area contributed by atoms with Gasteiger partial charge in [-0.2, -0.15) is 0 Å². The summed E-state index contributed by atoms with van der Waals surface area (Å²) in [6, 6.07) is 11.1. The van der Waals surface area contributed by atoms with Gasteiger partial charge in [-0.25, -0.2) is 4.98 Å². The monoisotopic (exact) mass is 348 g/mol. The van der Waals surface area contributed by atoms with Crippen molar-refractivity contribution in [2.45, 2.75) is 26.4 Å². The van der Waals surface area contributed by atoms with Gasteiger partial charge in [-0.15, -0.1) is 0 Å². The molecule has 2 N–H and O–H groups in total. The summed E-state index contributed by atoms with van der Waals surface area (Å²) in [5, 5.41) is 10.1. The maximum atomic E-state index is 12.4. The van der Waals surface area contributed by atoms with E-state index in [1.165, 1.54) is 0 Å². The fourth-order valence-electron chi connectivity index (χ4n) is 3.33. The molecule has 0 amide bonds. The zero-order valence-corrected chi connectivity index (χ0v) is 14.6. The Labute approximate surface area is 151 Å². The van der Waals surface area contributed by atoms with Gasteiger partial charge >= 0.3 is 0 Å². The largest absolute Gasteiger partial charge is 0.508 e. The number of aromatic hydroxyl groups is 1. The van der Waals surface area contributed by atoms with Crippen LogP contribution in [0.2, 0.25) is 0 Å². The van der Waals surface area contributed by atoms with Crippen molar-refractivity contribution >= 4 is 0 Å². The third-order valence-electron chi connectivity index (χ3n) is 4.69. The number of hydrogen-bond acceptors (Lipinski definition) is 5. The number of phenolic OH excluding ortho intramolecular Hbond substituents is 1. The third kappa shape index (κ3) is 3.23. The molecule has 0 saturated carbocycles. The Morgan fingerprint density at radius 3 is 2.96 bits per heavy atom. The minimum Gasteiger partial charge on any atom is -0.508 e. The highest BCUT2D eigenvalue weighted by atomic mass is 16.3. The number of fused-ring (bicyclic) bond motifs is 1. The minimum absolute atomic E-state index is 0.0892. The molecule has 1 aliphatic heterocycles. The van der Waals surface area contributed by atoms with Crippen LogP contribution in [-0.2, 0) is 19.5 Å². The number of aromatic nitrogens is 3. The maximum absolute atomic E-state index is 12.4. The molecule has 0 atom stereocenters. The molecule has 0 unspecified atom stereocenters. The summed E-state index contributed by atoms with van der Waals surface area (Å²) in [6.07, 6.45) is 2.33. The third-order valence-corrected chi connectivity index (χ3v) is 4.69. The molecule has 26 heavy (non-hydrogen) atoms. The Morgan fingerprint density at radius 2 is 2.15 bits per heavy atom. The Morgan fingerprint density at radius 1 is 1.27 bits per heavy atom. The van der Waals surface area contributed by atoms with Crippen LogP contribution in [0.25, 0.3) is 11.5 Å². The molecule has 0 spiro atoms. The highest BCUT2D eigenvalue weighted by Gasteiger charge is 2.22. The second-order valence-corrected chi connectivity index (χ2v) is 6.65. The van der Waals surface area contributed by atoms with Gasteiger partial charge in [0, 0.05) is 37.0 Å². The first-order chi connectivity index (χ1) is 12.6. The highest BCUT2D eigenvalue weighted by Crippen LogP contribution is 2.23. The first kappa shape index (κ1) is 16.5. The molecule has 2 aromatic heterocycles. The lowest BCUT2D eigenvalue weighted by Crippen LogP contribution is -2.35. The molecule has 0 fully saturated rings. The molecule has 4 rings (SSSR count). The summed E-state index contributed by atoms with van der Waals surface area (Å²) in [5.41, 5.74) is 4.10. The van der Waals surface area contributed by atoms with E-state index in [2.05, 4.69) is 19.9 Å². The molecule has 0 aliphatic carbocycles. The van der Waals surface area contributed by atoms with Gasteiger partial charge in [0.2, 0.25) is 0 Å². The lowest BCUT2D eigenvalue weighted by Gasteiger charge is -2.28. The van der Waals surface area contributed by atoms with Gasteiger partial charge in [0.1, 0.15) is 11.4 Å². The number of aryl methyl sites for hydroxylation is 1. The van der Waals surface area contributed by atoms with E-state index in [0.717, 1.165) is 28.9 Å². The summed E-state index contributed by atoms with van der Waals surface area (Å²) < 4.78 is 0. The van der Waals surface area contributed by atoms with Crippen molar-refractivity contribution in [3.63, 3.8) is 0 Å². The van der Waals surface area contributed by atoms with Crippen LogP contribution in [0.15, 0.2) is 47.4 Å². The van der Waals surface area contributed by atoms with Gasteiger partial charge in [0.25, 0.3) is 5.56 Å². The average Bonchev–Trinajstić information content (AvgIpc) is 2.65. The van der Waals surface area contributed by atoms with Crippen molar-refractivity contribution in [2.75, 3.05) is 6.54 Å². The summed E-state index contributed by atoms with van der Waals surface area (Å²) >= 11 is 0. The first-order valence-electron chi connectivity index (χ1n) is 8.64. The molecule has 1 aromatic carbocycles. The van der Waals surface area contributed by atoms with Gasteiger partial charge in [-0.3, -0.25) is 14.7 Å². The van der Waals surface area contributed by atoms with E-state index in [4.69, 9.17) is 0 Å². The van der Waals surface area contributed by atoms with E-state index in [-0.39, 0.29) is 5.56 Å². The predicted octanol–water partition coefficient (Wildman–Crippen LogP) is 2.40. The number of aromatic amines is 1. The van der Waals surface area contributed by atoms with Gasteiger partial charge in [-0.05, 0) is 31.5 Å². The summed E-state index contributed by atoms with van der Waals surface area (Å²) in [4.78, 5) is 26.4. The number of H-pyrrole nitrogens is 1. The Balaban J connectivity index is 1.62. The fraction of sp³-hybridized carbons (Fsp3) is 0.250. The molecular formula is C20H20N4O2. The minimum atomic E-state index is -0.0892. The van der Waals surface area contributed by atoms with Crippen LogP contribution in [0.1, 0.15) is 22.4 Å². The molecule has 6 heteroatoms.